The zero-order valence-electron chi connectivity index (χ0n) is 13.8. The number of benzene rings is 1. The molecule has 0 saturated carbocycles. The Kier molecular flexibility index (Phi) is 5.92. The van der Waals surface area contributed by atoms with Gasteiger partial charge in [-0.1, -0.05) is 17.7 Å². The molecular formula is C16H19ClN4O3. The minimum Gasteiger partial charge on any atom is -0.451 e. The number of halogens is 1. The van der Waals surface area contributed by atoms with E-state index in [0.717, 1.165) is 0 Å². The third-order valence-electron chi connectivity index (χ3n) is 3.46. The second-order valence-corrected chi connectivity index (χ2v) is 5.48. The topological polar surface area (TPSA) is 77.3 Å². The number of rotatable bonds is 6. The maximum Gasteiger partial charge on any atom is 0.361 e. The second kappa shape index (κ2) is 7.92. The standard InChI is InChI=1S/C16H19ClN4O3/c1-4-20(5-2)14(22)10-24-16(23)15-11(3)18-21(19-15)13-8-6-7-12(17)9-13/h6-9H,4-5,10H2,1-3H3. The summed E-state index contributed by atoms with van der Waals surface area (Å²) in [6.07, 6.45) is 0. The van der Waals surface area contributed by atoms with Gasteiger partial charge < -0.3 is 9.64 Å². The summed E-state index contributed by atoms with van der Waals surface area (Å²) in [5.41, 5.74) is 1.11. The minimum absolute atomic E-state index is 0.0716. The molecule has 0 aliphatic heterocycles. The molecule has 0 fully saturated rings. The first-order valence-corrected chi connectivity index (χ1v) is 7.98. The van der Waals surface area contributed by atoms with Gasteiger partial charge in [-0.3, -0.25) is 4.79 Å². The van der Waals surface area contributed by atoms with E-state index in [4.69, 9.17) is 16.3 Å². The van der Waals surface area contributed by atoms with Crippen molar-refractivity contribution in [1.29, 1.82) is 0 Å². The van der Waals surface area contributed by atoms with Gasteiger partial charge in [-0.15, -0.1) is 5.10 Å². The quantitative estimate of drug-likeness (QED) is 0.747. The molecule has 0 saturated heterocycles. The lowest BCUT2D eigenvalue weighted by atomic mass is 10.3. The predicted octanol–water partition coefficient (Wildman–Crippen LogP) is 2.25. The molecule has 128 valence electrons. The molecule has 0 N–H and O–H groups in total. The van der Waals surface area contributed by atoms with Crippen LogP contribution in [0.4, 0.5) is 0 Å². The number of ether oxygens (including phenoxy) is 1. The van der Waals surface area contributed by atoms with Crippen molar-refractivity contribution in [1.82, 2.24) is 19.9 Å². The van der Waals surface area contributed by atoms with Crippen molar-refractivity contribution in [2.24, 2.45) is 0 Å². The first-order chi connectivity index (χ1) is 11.5. The Morgan fingerprint density at radius 3 is 2.58 bits per heavy atom. The molecular weight excluding hydrogens is 332 g/mol. The first kappa shape index (κ1) is 17.9. The fourth-order valence-electron chi connectivity index (χ4n) is 2.15. The average Bonchev–Trinajstić information content (AvgIpc) is 2.96. The third kappa shape index (κ3) is 4.11. The number of carbonyl (C=O) groups is 2. The van der Waals surface area contributed by atoms with Gasteiger partial charge in [-0.2, -0.15) is 9.90 Å². The monoisotopic (exact) mass is 350 g/mol. The van der Waals surface area contributed by atoms with Crippen LogP contribution in [0.1, 0.15) is 30.0 Å². The lowest BCUT2D eigenvalue weighted by Gasteiger charge is -2.17. The Bertz CT molecular complexity index is 741. The number of aromatic nitrogens is 3. The molecule has 2 rings (SSSR count). The van der Waals surface area contributed by atoms with Crippen LogP contribution in [0.3, 0.4) is 0 Å². The van der Waals surface area contributed by atoms with E-state index >= 15 is 0 Å². The van der Waals surface area contributed by atoms with Crippen molar-refractivity contribution in [2.75, 3.05) is 19.7 Å². The Hall–Kier alpha value is -2.41. The van der Waals surface area contributed by atoms with E-state index in [0.29, 0.717) is 29.5 Å². The molecule has 8 heteroatoms. The molecule has 0 spiro atoms. The van der Waals surface area contributed by atoms with Gasteiger partial charge in [0.15, 0.2) is 12.3 Å². The Morgan fingerprint density at radius 1 is 1.25 bits per heavy atom. The number of carbonyl (C=O) groups excluding carboxylic acids is 2. The molecule has 0 aliphatic rings. The molecule has 0 unspecified atom stereocenters. The Labute approximate surface area is 145 Å². The van der Waals surface area contributed by atoms with Gasteiger partial charge in [0.1, 0.15) is 0 Å². The van der Waals surface area contributed by atoms with Crippen molar-refractivity contribution in [3.63, 3.8) is 0 Å². The summed E-state index contributed by atoms with van der Waals surface area (Å²) in [6, 6.07) is 6.94. The van der Waals surface area contributed by atoms with Gasteiger partial charge in [-0.25, -0.2) is 4.79 Å². The lowest BCUT2D eigenvalue weighted by Crippen LogP contribution is -2.34. The summed E-state index contributed by atoms with van der Waals surface area (Å²) in [6.45, 7) is 6.20. The Balaban J connectivity index is 2.09. The SMILES string of the molecule is CCN(CC)C(=O)COC(=O)c1nn(-c2cccc(Cl)c2)nc1C. The number of hydrogen-bond acceptors (Lipinski definition) is 5. The van der Waals surface area contributed by atoms with Crippen LogP contribution in [-0.4, -0.2) is 51.5 Å². The molecule has 1 heterocycles. The van der Waals surface area contributed by atoms with Gasteiger partial charge in [-0.05, 0) is 39.0 Å². The highest BCUT2D eigenvalue weighted by molar-refractivity contribution is 6.30. The molecule has 0 radical (unpaired) electrons. The largest absolute Gasteiger partial charge is 0.451 e. The normalized spacial score (nSPS) is 10.5. The van der Waals surface area contributed by atoms with Crippen LogP contribution >= 0.6 is 11.6 Å². The summed E-state index contributed by atoms with van der Waals surface area (Å²) < 4.78 is 5.06. The van der Waals surface area contributed by atoms with Crippen LogP contribution in [0.2, 0.25) is 5.02 Å². The van der Waals surface area contributed by atoms with Crippen molar-refractivity contribution in [2.45, 2.75) is 20.8 Å². The summed E-state index contributed by atoms with van der Waals surface area (Å²) in [4.78, 5) is 26.9. The van der Waals surface area contributed by atoms with Gasteiger partial charge in [0.25, 0.3) is 5.91 Å². The second-order valence-electron chi connectivity index (χ2n) is 5.05. The number of likely N-dealkylation sites (N-methyl/N-ethyl adjacent to an activating group) is 1. The zero-order valence-corrected chi connectivity index (χ0v) is 14.6. The van der Waals surface area contributed by atoms with Gasteiger partial charge >= 0.3 is 5.97 Å². The fraction of sp³-hybridized carbons (Fsp3) is 0.375. The summed E-state index contributed by atoms with van der Waals surface area (Å²) >= 11 is 5.94. The van der Waals surface area contributed by atoms with Crippen LogP contribution in [0.5, 0.6) is 0 Å². The highest BCUT2D eigenvalue weighted by Crippen LogP contribution is 2.14. The molecule has 1 aromatic heterocycles. The van der Waals surface area contributed by atoms with E-state index in [2.05, 4.69) is 10.2 Å². The van der Waals surface area contributed by atoms with Crippen LogP contribution in [0, 0.1) is 6.92 Å². The van der Waals surface area contributed by atoms with E-state index < -0.39 is 5.97 Å². The molecule has 24 heavy (non-hydrogen) atoms. The maximum absolute atomic E-state index is 12.1. The van der Waals surface area contributed by atoms with Gasteiger partial charge in [0.05, 0.1) is 11.4 Å². The van der Waals surface area contributed by atoms with Crippen molar-refractivity contribution < 1.29 is 14.3 Å². The van der Waals surface area contributed by atoms with Crippen molar-refractivity contribution >= 4 is 23.5 Å². The van der Waals surface area contributed by atoms with Crippen molar-refractivity contribution in [3.8, 4) is 5.69 Å². The van der Waals surface area contributed by atoms with Crippen molar-refractivity contribution in [3.05, 3.63) is 40.7 Å². The maximum atomic E-state index is 12.1. The van der Waals surface area contributed by atoms with E-state index in [1.807, 2.05) is 13.8 Å². The molecule has 0 bridgehead atoms. The summed E-state index contributed by atoms with van der Waals surface area (Å²) in [5.74, 6) is -0.922. The zero-order chi connectivity index (χ0) is 17.7. The fourth-order valence-corrected chi connectivity index (χ4v) is 2.33. The van der Waals surface area contributed by atoms with Gasteiger partial charge in [0.2, 0.25) is 0 Å². The number of amides is 1. The molecule has 1 aromatic carbocycles. The van der Waals surface area contributed by atoms with E-state index in [1.54, 1.807) is 36.1 Å². The molecule has 0 aliphatic carbocycles. The number of hydrogen-bond donors (Lipinski definition) is 0. The highest BCUT2D eigenvalue weighted by Gasteiger charge is 2.20. The van der Waals surface area contributed by atoms with E-state index in [1.165, 1.54) is 4.80 Å². The molecule has 1 amide bonds. The molecule has 7 nitrogen and oxygen atoms in total. The molecule has 2 aromatic rings. The van der Waals surface area contributed by atoms with Crippen LogP contribution in [-0.2, 0) is 9.53 Å². The first-order valence-electron chi connectivity index (χ1n) is 7.61. The van der Waals surface area contributed by atoms with E-state index in [-0.39, 0.29) is 18.2 Å². The number of nitrogens with zero attached hydrogens (tertiary/aromatic N) is 4. The van der Waals surface area contributed by atoms with Crippen LogP contribution in [0.15, 0.2) is 24.3 Å². The smallest absolute Gasteiger partial charge is 0.361 e. The lowest BCUT2D eigenvalue weighted by molar-refractivity contribution is -0.134. The summed E-state index contributed by atoms with van der Waals surface area (Å²) in [5, 5.41) is 8.86. The van der Waals surface area contributed by atoms with E-state index in [9.17, 15) is 9.59 Å². The minimum atomic E-state index is -0.679. The van der Waals surface area contributed by atoms with Gasteiger partial charge in [0, 0.05) is 18.1 Å². The molecule has 0 atom stereocenters. The third-order valence-corrected chi connectivity index (χ3v) is 3.69. The summed E-state index contributed by atoms with van der Waals surface area (Å²) in [7, 11) is 0. The Morgan fingerprint density at radius 2 is 1.96 bits per heavy atom. The van der Waals surface area contributed by atoms with Crippen LogP contribution in [0.25, 0.3) is 5.69 Å². The number of aryl methyl sites for hydroxylation is 1. The number of esters is 1. The highest BCUT2D eigenvalue weighted by atomic mass is 35.5. The predicted molar refractivity (Wildman–Crippen MR) is 89.3 cm³/mol. The van der Waals surface area contributed by atoms with Crippen LogP contribution < -0.4 is 0 Å². The average molecular weight is 351 g/mol.